The van der Waals surface area contributed by atoms with Crippen LogP contribution < -0.4 is 5.73 Å². The molecule has 0 aromatic rings. The molecular weight excluding hydrogens is 234 g/mol. The first-order chi connectivity index (χ1) is 9.20. The van der Waals surface area contributed by atoms with Gasteiger partial charge in [-0.25, -0.2) is 0 Å². The summed E-state index contributed by atoms with van der Waals surface area (Å²) in [6, 6.07) is 1.47. The summed E-state index contributed by atoms with van der Waals surface area (Å²) in [7, 11) is 0. The minimum atomic E-state index is 0.613. The van der Waals surface area contributed by atoms with Crippen molar-refractivity contribution < 1.29 is 0 Å². The Morgan fingerprint density at radius 1 is 1.00 bits per heavy atom. The summed E-state index contributed by atoms with van der Waals surface area (Å²) in [6.45, 7) is 10.7. The Hall–Kier alpha value is -0.120. The molecule has 19 heavy (non-hydrogen) atoms. The molecule has 2 rings (SSSR count). The van der Waals surface area contributed by atoms with Crippen molar-refractivity contribution in [3.8, 4) is 0 Å². The van der Waals surface area contributed by atoms with Gasteiger partial charge in [0.25, 0.3) is 0 Å². The minimum Gasteiger partial charge on any atom is -0.329 e. The number of rotatable bonds is 5. The van der Waals surface area contributed by atoms with Crippen LogP contribution in [-0.2, 0) is 0 Å². The normalized spacial score (nSPS) is 25.9. The summed E-state index contributed by atoms with van der Waals surface area (Å²) < 4.78 is 0. The van der Waals surface area contributed by atoms with E-state index in [0.717, 1.165) is 18.5 Å². The van der Waals surface area contributed by atoms with Gasteiger partial charge in [0.1, 0.15) is 0 Å². The summed E-state index contributed by atoms with van der Waals surface area (Å²) in [5, 5.41) is 0. The molecule has 1 unspecified atom stereocenters. The van der Waals surface area contributed by atoms with E-state index in [1.54, 1.807) is 0 Å². The van der Waals surface area contributed by atoms with E-state index in [1.807, 2.05) is 0 Å². The van der Waals surface area contributed by atoms with Gasteiger partial charge in [0.15, 0.2) is 0 Å². The SMILES string of the molecule is CC(C)CC(CN)N1CCC(N2CCCCC2)CC1. The third-order valence-electron chi connectivity index (χ3n) is 4.94. The van der Waals surface area contributed by atoms with Crippen LogP contribution in [0.1, 0.15) is 52.4 Å². The van der Waals surface area contributed by atoms with E-state index in [9.17, 15) is 0 Å². The molecule has 112 valence electrons. The lowest BCUT2D eigenvalue weighted by Gasteiger charge is -2.42. The van der Waals surface area contributed by atoms with Crippen molar-refractivity contribution in [3.05, 3.63) is 0 Å². The Morgan fingerprint density at radius 2 is 1.63 bits per heavy atom. The first-order valence-electron chi connectivity index (χ1n) is 8.39. The van der Waals surface area contributed by atoms with Crippen LogP contribution >= 0.6 is 0 Å². The van der Waals surface area contributed by atoms with Gasteiger partial charge in [0, 0.05) is 18.6 Å². The Kier molecular flexibility index (Phi) is 6.11. The molecule has 0 aliphatic carbocycles. The molecule has 0 spiro atoms. The maximum absolute atomic E-state index is 5.98. The van der Waals surface area contributed by atoms with Gasteiger partial charge in [-0.3, -0.25) is 4.90 Å². The van der Waals surface area contributed by atoms with Gasteiger partial charge < -0.3 is 10.6 Å². The van der Waals surface area contributed by atoms with E-state index in [0.29, 0.717) is 6.04 Å². The maximum Gasteiger partial charge on any atom is 0.0220 e. The number of hydrogen-bond donors (Lipinski definition) is 1. The van der Waals surface area contributed by atoms with E-state index < -0.39 is 0 Å². The molecule has 2 saturated heterocycles. The highest BCUT2D eigenvalue weighted by Crippen LogP contribution is 2.23. The molecule has 0 aromatic carbocycles. The summed E-state index contributed by atoms with van der Waals surface area (Å²) in [6.07, 6.45) is 8.24. The standard InChI is InChI=1S/C16H33N3/c1-14(2)12-16(13-17)19-10-6-15(7-11-19)18-8-4-3-5-9-18/h14-16H,3-13,17H2,1-2H3. The Morgan fingerprint density at radius 3 is 2.16 bits per heavy atom. The van der Waals surface area contributed by atoms with Gasteiger partial charge in [0.2, 0.25) is 0 Å². The molecule has 0 bridgehead atoms. The smallest absolute Gasteiger partial charge is 0.0220 e. The third kappa shape index (κ3) is 4.44. The fourth-order valence-electron chi connectivity index (χ4n) is 3.84. The van der Waals surface area contributed by atoms with Gasteiger partial charge in [-0.1, -0.05) is 20.3 Å². The molecule has 0 saturated carbocycles. The second kappa shape index (κ2) is 7.61. The second-order valence-corrected chi connectivity index (χ2v) is 6.88. The summed E-state index contributed by atoms with van der Waals surface area (Å²) in [5.41, 5.74) is 5.98. The number of piperidine rings is 2. The lowest BCUT2D eigenvalue weighted by Crippen LogP contribution is -2.51. The Balaban J connectivity index is 1.77. The van der Waals surface area contributed by atoms with E-state index in [1.165, 1.54) is 64.7 Å². The Labute approximate surface area is 119 Å². The lowest BCUT2D eigenvalue weighted by molar-refractivity contribution is 0.0685. The van der Waals surface area contributed by atoms with Crippen molar-refractivity contribution in [3.63, 3.8) is 0 Å². The monoisotopic (exact) mass is 267 g/mol. The van der Waals surface area contributed by atoms with Crippen LogP contribution in [0.25, 0.3) is 0 Å². The van der Waals surface area contributed by atoms with Crippen molar-refractivity contribution in [2.75, 3.05) is 32.7 Å². The summed E-state index contributed by atoms with van der Waals surface area (Å²) >= 11 is 0. The highest BCUT2D eigenvalue weighted by atomic mass is 15.2. The zero-order chi connectivity index (χ0) is 13.7. The fourth-order valence-corrected chi connectivity index (χ4v) is 3.84. The molecule has 2 fully saturated rings. The van der Waals surface area contributed by atoms with E-state index in [2.05, 4.69) is 23.6 Å². The van der Waals surface area contributed by atoms with Gasteiger partial charge in [-0.15, -0.1) is 0 Å². The van der Waals surface area contributed by atoms with Crippen LogP contribution in [0.5, 0.6) is 0 Å². The molecule has 3 nitrogen and oxygen atoms in total. The van der Waals surface area contributed by atoms with Crippen LogP contribution in [0.3, 0.4) is 0 Å². The minimum absolute atomic E-state index is 0.613. The second-order valence-electron chi connectivity index (χ2n) is 6.88. The maximum atomic E-state index is 5.98. The molecule has 1 atom stereocenters. The molecular formula is C16H33N3. The van der Waals surface area contributed by atoms with E-state index in [-0.39, 0.29) is 0 Å². The van der Waals surface area contributed by atoms with Gasteiger partial charge >= 0.3 is 0 Å². The zero-order valence-electron chi connectivity index (χ0n) is 13.0. The molecule has 3 heteroatoms. The van der Waals surface area contributed by atoms with E-state index in [4.69, 9.17) is 5.73 Å². The molecule has 2 aliphatic rings. The molecule has 2 N–H and O–H groups in total. The number of nitrogens with two attached hydrogens (primary N) is 1. The average molecular weight is 267 g/mol. The van der Waals surface area contributed by atoms with Crippen molar-refractivity contribution in [2.45, 2.75) is 64.5 Å². The van der Waals surface area contributed by atoms with Crippen LogP contribution in [0.15, 0.2) is 0 Å². The third-order valence-corrected chi connectivity index (χ3v) is 4.94. The fraction of sp³-hybridized carbons (Fsp3) is 1.00. The Bertz CT molecular complexity index is 240. The van der Waals surface area contributed by atoms with Crippen molar-refractivity contribution in [1.82, 2.24) is 9.80 Å². The quantitative estimate of drug-likeness (QED) is 0.829. The lowest BCUT2D eigenvalue weighted by atomic mass is 9.96. The van der Waals surface area contributed by atoms with Crippen LogP contribution in [-0.4, -0.2) is 54.6 Å². The topological polar surface area (TPSA) is 32.5 Å². The zero-order valence-corrected chi connectivity index (χ0v) is 13.0. The first-order valence-corrected chi connectivity index (χ1v) is 8.39. The van der Waals surface area contributed by atoms with E-state index >= 15 is 0 Å². The van der Waals surface area contributed by atoms with Gasteiger partial charge in [-0.2, -0.15) is 0 Å². The van der Waals surface area contributed by atoms with Crippen molar-refractivity contribution >= 4 is 0 Å². The van der Waals surface area contributed by atoms with Crippen molar-refractivity contribution in [1.29, 1.82) is 0 Å². The molecule has 0 radical (unpaired) electrons. The highest BCUT2D eigenvalue weighted by molar-refractivity contribution is 4.85. The first kappa shape index (κ1) is 15.3. The summed E-state index contributed by atoms with van der Waals surface area (Å²) in [4.78, 5) is 5.40. The van der Waals surface area contributed by atoms with Crippen LogP contribution in [0.2, 0.25) is 0 Å². The predicted octanol–water partition coefficient (Wildman–Crippen LogP) is 2.31. The number of nitrogens with zero attached hydrogens (tertiary/aromatic N) is 2. The van der Waals surface area contributed by atoms with Crippen LogP contribution in [0, 0.1) is 5.92 Å². The molecule has 0 amide bonds. The van der Waals surface area contributed by atoms with Gasteiger partial charge in [-0.05, 0) is 64.2 Å². The average Bonchev–Trinajstić information content (AvgIpc) is 2.46. The summed E-state index contributed by atoms with van der Waals surface area (Å²) in [5.74, 6) is 0.758. The van der Waals surface area contributed by atoms with Crippen LogP contribution in [0.4, 0.5) is 0 Å². The number of likely N-dealkylation sites (tertiary alicyclic amines) is 2. The largest absolute Gasteiger partial charge is 0.329 e. The molecule has 0 aromatic heterocycles. The van der Waals surface area contributed by atoms with Crippen molar-refractivity contribution in [2.24, 2.45) is 11.7 Å². The highest BCUT2D eigenvalue weighted by Gasteiger charge is 2.28. The predicted molar refractivity (Wildman–Crippen MR) is 82.3 cm³/mol. The van der Waals surface area contributed by atoms with Gasteiger partial charge in [0.05, 0.1) is 0 Å². The molecule has 2 heterocycles. The molecule has 2 aliphatic heterocycles. The number of hydrogen-bond acceptors (Lipinski definition) is 3.